The highest BCUT2D eigenvalue weighted by atomic mass is 16.6. The van der Waals surface area contributed by atoms with Gasteiger partial charge in [-0.05, 0) is 5.56 Å². The summed E-state index contributed by atoms with van der Waals surface area (Å²) in [6.45, 7) is 0.0448. The molecule has 2 aromatic rings. The standard InChI is InChI=1S/C11H10N4O4/c12-9-8(15(18)19)10(16)13-11(17)14(9)6-7-4-2-1-3-5-7/h1-5H,6,12H2,(H,13,16,17). The normalized spacial score (nSPS) is 10.3. The summed E-state index contributed by atoms with van der Waals surface area (Å²) in [5.41, 5.74) is 3.56. The molecular weight excluding hydrogens is 252 g/mol. The quantitative estimate of drug-likeness (QED) is 0.598. The molecule has 1 aromatic heterocycles. The van der Waals surface area contributed by atoms with Crippen molar-refractivity contribution in [2.75, 3.05) is 5.73 Å². The Bertz CT molecular complexity index is 733. The molecule has 0 saturated carbocycles. The van der Waals surface area contributed by atoms with Crippen LogP contribution in [0.25, 0.3) is 0 Å². The molecule has 8 heteroatoms. The van der Waals surface area contributed by atoms with E-state index in [4.69, 9.17) is 5.73 Å². The van der Waals surface area contributed by atoms with Crippen molar-refractivity contribution in [2.45, 2.75) is 6.54 Å². The number of nitro groups is 1. The van der Waals surface area contributed by atoms with Crippen LogP contribution in [0.15, 0.2) is 39.9 Å². The molecule has 0 aliphatic rings. The van der Waals surface area contributed by atoms with Crippen LogP contribution in [0.1, 0.15) is 5.56 Å². The zero-order valence-corrected chi connectivity index (χ0v) is 9.70. The van der Waals surface area contributed by atoms with Crippen molar-refractivity contribution in [3.63, 3.8) is 0 Å². The number of nitrogens with one attached hydrogen (secondary N) is 1. The number of rotatable bonds is 3. The first-order chi connectivity index (χ1) is 9.00. The van der Waals surface area contributed by atoms with Crippen LogP contribution in [0.4, 0.5) is 11.5 Å². The molecule has 0 aliphatic heterocycles. The fourth-order valence-corrected chi connectivity index (χ4v) is 1.68. The van der Waals surface area contributed by atoms with Crippen molar-refractivity contribution in [1.29, 1.82) is 0 Å². The SMILES string of the molecule is Nc1c([N+](=O)[O-])c(=O)[nH]c(=O)n1Cc1ccccc1. The fraction of sp³-hybridized carbons (Fsp3) is 0.0909. The number of nitrogens with zero attached hydrogens (tertiary/aromatic N) is 2. The fourth-order valence-electron chi connectivity index (χ4n) is 1.68. The Hall–Kier alpha value is -2.90. The van der Waals surface area contributed by atoms with Crippen LogP contribution in [-0.2, 0) is 6.54 Å². The lowest BCUT2D eigenvalue weighted by atomic mass is 10.2. The van der Waals surface area contributed by atoms with Crippen molar-refractivity contribution in [1.82, 2.24) is 9.55 Å². The molecule has 0 amide bonds. The second-order valence-corrected chi connectivity index (χ2v) is 3.82. The Labute approximate surface area is 106 Å². The number of benzene rings is 1. The van der Waals surface area contributed by atoms with E-state index in [1.165, 1.54) is 0 Å². The third-order valence-corrected chi connectivity index (χ3v) is 2.58. The highest BCUT2D eigenvalue weighted by molar-refractivity contribution is 5.50. The molecule has 0 aliphatic carbocycles. The zero-order chi connectivity index (χ0) is 14.0. The van der Waals surface area contributed by atoms with Gasteiger partial charge in [0.25, 0.3) is 0 Å². The minimum atomic E-state index is -1.10. The van der Waals surface area contributed by atoms with Gasteiger partial charge in [0.15, 0.2) is 5.82 Å². The maximum atomic E-state index is 11.6. The summed E-state index contributed by atoms with van der Waals surface area (Å²) >= 11 is 0. The lowest BCUT2D eigenvalue weighted by Gasteiger charge is -2.08. The molecule has 8 nitrogen and oxygen atoms in total. The van der Waals surface area contributed by atoms with Gasteiger partial charge in [-0.25, -0.2) is 4.79 Å². The largest absolute Gasteiger partial charge is 0.379 e. The number of hydrogen-bond donors (Lipinski definition) is 2. The van der Waals surface area contributed by atoms with Gasteiger partial charge < -0.3 is 5.73 Å². The van der Waals surface area contributed by atoms with E-state index in [0.717, 1.165) is 10.1 Å². The zero-order valence-electron chi connectivity index (χ0n) is 9.70. The predicted molar refractivity (Wildman–Crippen MR) is 67.9 cm³/mol. The molecule has 0 unspecified atom stereocenters. The molecule has 0 radical (unpaired) electrons. The van der Waals surface area contributed by atoms with Gasteiger partial charge in [-0.15, -0.1) is 0 Å². The van der Waals surface area contributed by atoms with E-state index in [9.17, 15) is 19.7 Å². The number of aromatic nitrogens is 2. The van der Waals surface area contributed by atoms with E-state index in [1.54, 1.807) is 30.3 Å². The number of nitrogens with two attached hydrogens (primary N) is 1. The monoisotopic (exact) mass is 262 g/mol. The molecule has 98 valence electrons. The van der Waals surface area contributed by atoms with E-state index in [0.29, 0.717) is 0 Å². The van der Waals surface area contributed by atoms with Gasteiger partial charge in [0.1, 0.15) is 0 Å². The highest BCUT2D eigenvalue weighted by Crippen LogP contribution is 2.14. The van der Waals surface area contributed by atoms with Crippen LogP contribution >= 0.6 is 0 Å². The lowest BCUT2D eigenvalue weighted by Crippen LogP contribution is -2.33. The first-order valence-corrected chi connectivity index (χ1v) is 5.31. The summed E-state index contributed by atoms with van der Waals surface area (Å²) in [4.78, 5) is 34.7. The lowest BCUT2D eigenvalue weighted by molar-refractivity contribution is -0.385. The van der Waals surface area contributed by atoms with Gasteiger partial charge in [-0.3, -0.25) is 24.5 Å². The van der Waals surface area contributed by atoms with Crippen molar-refractivity contribution in [2.24, 2.45) is 0 Å². The maximum absolute atomic E-state index is 11.6. The van der Waals surface area contributed by atoms with Crippen LogP contribution in [0.2, 0.25) is 0 Å². The topological polar surface area (TPSA) is 124 Å². The van der Waals surface area contributed by atoms with E-state index in [1.807, 2.05) is 4.98 Å². The Morgan fingerprint density at radius 1 is 1.26 bits per heavy atom. The molecule has 0 saturated heterocycles. The summed E-state index contributed by atoms with van der Waals surface area (Å²) in [7, 11) is 0. The van der Waals surface area contributed by atoms with Crippen LogP contribution < -0.4 is 17.0 Å². The van der Waals surface area contributed by atoms with E-state index >= 15 is 0 Å². The summed E-state index contributed by atoms with van der Waals surface area (Å²) in [6.07, 6.45) is 0. The van der Waals surface area contributed by atoms with Crippen LogP contribution in [0.3, 0.4) is 0 Å². The van der Waals surface area contributed by atoms with Crippen LogP contribution in [0, 0.1) is 10.1 Å². The minimum Gasteiger partial charge on any atom is -0.379 e. The Morgan fingerprint density at radius 3 is 2.47 bits per heavy atom. The van der Waals surface area contributed by atoms with Crippen molar-refractivity contribution >= 4 is 11.5 Å². The second kappa shape index (κ2) is 4.77. The molecule has 0 atom stereocenters. The minimum absolute atomic E-state index is 0.0448. The summed E-state index contributed by atoms with van der Waals surface area (Å²) < 4.78 is 0.953. The Kier molecular flexibility index (Phi) is 3.15. The first-order valence-electron chi connectivity index (χ1n) is 5.31. The molecule has 0 spiro atoms. The van der Waals surface area contributed by atoms with Gasteiger partial charge in [0.2, 0.25) is 0 Å². The summed E-state index contributed by atoms with van der Waals surface area (Å²) in [5.74, 6) is -0.456. The van der Waals surface area contributed by atoms with E-state index in [2.05, 4.69) is 0 Å². The number of nitrogen functional groups attached to an aromatic ring is 1. The average Bonchev–Trinajstić information content (AvgIpc) is 2.35. The molecule has 1 aromatic carbocycles. The van der Waals surface area contributed by atoms with Crippen LogP contribution in [0.5, 0.6) is 0 Å². The maximum Gasteiger partial charge on any atom is 0.373 e. The number of hydrogen-bond acceptors (Lipinski definition) is 5. The molecule has 2 rings (SSSR count). The summed E-state index contributed by atoms with van der Waals surface area (Å²) in [5, 5.41) is 10.7. The smallest absolute Gasteiger partial charge is 0.373 e. The highest BCUT2D eigenvalue weighted by Gasteiger charge is 2.22. The van der Waals surface area contributed by atoms with Crippen LogP contribution in [-0.4, -0.2) is 14.5 Å². The first kappa shape index (κ1) is 12.6. The number of H-pyrrole nitrogens is 1. The average molecular weight is 262 g/mol. The Morgan fingerprint density at radius 2 is 1.89 bits per heavy atom. The third kappa shape index (κ3) is 2.37. The molecule has 0 bridgehead atoms. The summed E-state index contributed by atoms with van der Waals surface area (Å²) in [6, 6.07) is 8.80. The molecule has 0 fully saturated rings. The number of anilines is 1. The molecule has 19 heavy (non-hydrogen) atoms. The van der Waals surface area contributed by atoms with E-state index < -0.39 is 27.7 Å². The predicted octanol–water partition coefficient (Wildman–Crippen LogP) is 0.0753. The Balaban J connectivity index is 2.58. The second-order valence-electron chi connectivity index (χ2n) is 3.82. The van der Waals surface area contributed by atoms with Gasteiger partial charge in [0.05, 0.1) is 11.5 Å². The molecular formula is C11H10N4O4. The van der Waals surface area contributed by atoms with Gasteiger partial charge in [0, 0.05) is 0 Å². The van der Waals surface area contributed by atoms with Gasteiger partial charge in [-0.2, -0.15) is 0 Å². The van der Waals surface area contributed by atoms with Crippen molar-refractivity contribution in [3.8, 4) is 0 Å². The molecule has 1 heterocycles. The van der Waals surface area contributed by atoms with Crippen molar-refractivity contribution < 1.29 is 4.92 Å². The number of aromatic amines is 1. The van der Waals surface area contributed by atoms with Gasteiger partial charge in [-0.1, -0.05) is 30.3 Å². The third-order valence-electron chi connectivity index (χ3n) is 2.58. The van der Waals surface area contributed by atoms with E-state index in [-0.39, 0.29) is 6.54 Å². The van der Waals surface area contributed by atoms with Gasteiger partial charge >= 0.3 is 16.9 Å². The van der Waals surface area contributed by atoms with Crippen molar-refractivity contribution in [3.05, 3.63) is 66.8 Å². The molecule has 3 N–H and O–H groups in total.